The Bertz CT molecular complexity index is 386. The van der Waals surface area contributed by atoms with Gasteiger partial charge in [-0.25, -0.2) is 0 Å². The molecule has 0 saturated carbocycles. The van der Waals surface area contributed by atoms with Gasteiger partial charge in [-0.1, -0.05) is 38.1 Å². The summed E-state index contributed by atoms with van der Waals surface area (Å²) in [6.07, 6.45) is 4.98. The van der Waals surface area contributed by atoms with Crippen molar-refractivity contribution >= 4 is 0 Å². The smallest absolute Gasteiger partial charge is 0.119 e. The Labute approximate surface area is 123 Å². The maximum Gasteiger partial charge on any atom is 0.119 e. The van der Waals surface area contributed by atoms with Gasteiger partial charge in [-0.05, 0) is 30.0 Å². The van der Waals surface area contributed by atoms with Crippen molar-refractivity contribution in [2.24, 2.45) is 0 Å². The Morgan fingerprint density at radius 1 is 1.15 bits per heavy atom. The summed E-state index contributed by atoms with van der Waals surface area (Å²) in [5, 5.41) is 0. The van der Waals surface area contributed by atoms with Crippen molar-refractivity contribution in [3.05, 3.63) is 55.1 Å². The molecule has 0 amide bonds. The average molecular weight is 273 g/mol. The van der Waals surface area contributed by atoms with Crippen LogP contribution in [0.4, 0.5) is 0 Å². The molecule has 0 bridgehead atoms. The van der Waals surface area contributed by atoms with Crippen LogP contribution in [-0.2, 0) is 0 Å². The lowest BCUT2D eigenvalue weighted by molar-refractivity contribution is 0.236. The third-order valence-electron chi connectivity index (χ3n) is 3.51. The van der Waals surface area contributed by atoms with Crippen molar-refractivity contribution in [1.29, 1.82) is 0 Å². The summed E-state index contributed by atoms with van der Waals surface area (Å²) >= 11 is 0. The molecule has 0 saturated heterocycles. The number of benzene rings is 1. The molecule has 2 heteroatoms. The lowest BCUT2D eigenvalue weighted by Gasteiger charge is -2.19. The van der Waals surface area contributed by atoms with E-state index in [1.165, 1.54) is 5.56 Å². The van der Waals surface area contributed by atoms with Gasteiger partial charge in [0.1, 0.15) is 12.4 Å². The highest BCUT2D eigenvalue weighted by atomic mass is 16.5. The first-order chi connectivity index (χ1) is 9.71. The minimum atomic E-state index is 0.611. The average Bonchev–Trinajstić information content (AvgIpc) is 2.47. The van der Waals surface area contributed by atoms with Crippen molar-refractivity contribution < 1.29 is 4.74 Å². The van der Waals surface area contributed by atoms with Crippen molar-refractivity contribution in [2.45, 2.75) is 26.2 Å². The van der Waals surface area contributed by atoms with Gasteiger partial charge >= 0.3 is 0 Å². The first kappa shape index (κ1) is 16.5. The Balaban J connectivity index is 2.41. The predicted molar refractivity (Wildman–Crippen MR) is 87.5 cm³/mol. The van der Waals surface area contributed by atoms with Crippen LogP contribution in [0.5, 0.6) is 5.75 Å². The first-order valence-corrected chi connectivity index (χ1v) is 7.38. The highest BCUT2D eigenvalue weighted by Crippen LogP contribution is 2.21. The zero-order valence-electron chi connectivity index (χ0n) is 12.8. The van der Waals surface area contributed by atoms with E-state index in [9.17, 15) is 0 Å². The Kier molecular flexibility index (Phi) is 7.74. The Morgan fingerprint density at radius 3 is 2.25 bits per heavy atom. The summed E-state index contributed by atoms with van der Waals surface area (Å²) in [5.41, 5.74) is 1.37. The summed E-state index contributed by atoms with van der Waals surface area (Å²) < 4.78 is 5.79. The highest BCUT2D eigenvalue weighted by Gasteiger charge is 2.04. The molecule has 2 nitrogen and oxygen atoms in total. The molecule has 0 spiro atoms. The van der Waals surface area contributed by atoms with Crippen molar-refractivity contribution in [1.82, 2.24) is 4.90 Å². The molecular formula is C18H27NO. The molecule has 0 radical (unpaired) electrons. The number of nitrogens with zero attached hydrogens (tertiary/aromatic N) is 1. The van der Waals surface area contributed by atoms with Gasteiger partial charge in [0, 0.05) is 19.6 Å². The van der Waals surface area contributed by atoms with Crippen molar-refractivity contribution in [3.63, 3.8) is 0 Å². The molecule has 1 rings (SSSR count). The molecule has 0 aliphatic carbocycles. The van der Waals surface area contributed by atoms with E-state index in [4.69, 9.17) is 4.74 Å². The largest absolute Gasteiger partial charge is 0.492 e. The number of hydrogen-bond acceptors (Lipinski definition) is 2. The summed E-state index contributed by atoms with van der Waals surface area (Å²) in [6, 6.07) is 8.45. The van der Waals surface area contributed by atoms with Gasteiger partial charge in [0.25, 0.3) is 0 Å². The number of hydrogen-bond donors (Lipinski definition) is 0. The quantitative estimate of drug-likeness (QED) is 0.591. The van der Waals surface area contributed by atoms with Gasteiger partial charge in [-0.15, -0.1) is 13.2 Å². The number of rotatable bonds is 10. The summed E-state index contributed by atoms with van der Waals surface area (Å²) in [6.45, 7) is 15.3. The molecule has 1 aromatic carbocycles. The maximum atomic E-state index is 5.79. The molecule has 0 heterocycles. The van der Waals surface area contributed by atoms with Crippen LogP contribution in [-0.4, -0.2) is 31.1 Å². The van der Waals surface area contributed by atoms with E-state index in [0.717, 1.165) is 31.8 Å². The van der Waals surface area contributed by atoms with E-state index >= 15 is 0 Å². The second kappa shape index (κ2) is 9.38. The van der Waals surface area contributed by atoms with E-state index in [1.54, 1.807) is 0 Å². The predicted octanol–water partition coefficient (Wildman–Crippen LogP) is 4.25. The van der Waals surface area contributed by atoms with E-state index in [0.29, 0.717) is 12.5 Å². The second-order valence-electron chi connectivity index (χ2n) is 5.06. The SMILES string of the molecule is C=CCN(CC=C)CCOc1ccc([C@H](C)CC)cc1. The second-order valence-corrected chi connectivity index (χ2v) is 5.06. The summed E-state index contributed by atoms with van der Waals surface area (Å²) in [5.74, 6) is 1.55. The molecule has 0 N–H and O–H groups in total. The van der Waals surface area contributed by atoms with Crippen LogP contribution in [0.3, 0.4) is 0 Å². The summed E-state index contributed by atoms with van der Waals surface area (Å²) in [7, 11) is 0. The van der Waals surface area contributed by atoms with Crippen LogP contribution >= 0.6 is 0 Å². The van der Waals surface area contributed by atoms with Gasteiger partial charge in [-0.3, -0.25) is 4.90 Å². The molecule has 110 valence electrons. The van der Waals surface area contributed by atoms with Gasteiger partial charge < -0.3 is 4.74 Å². The van der Waals surface area contributed by atoms with Crippen molar-refractivity contribution in [3.8, 4) is 5.75 Å². The van der Waals surface area contributed by atoms with Crippen LogP contribution in [0.1, 0.15) is 31.7 Å². The summed E-state index contributed by atoms with van der Waals surface area (Å²) in [4.78, 5) is 2.24. The first-order valence-electron chi connectivity index (χ1n) is 7.38. The zero-order valence-corrected chi connectivity index (χ0v) is 12.8. The molecule has 0 fully saturated rings. The lowest BCUT2D eigenvalue weighted by atomic mass is 9.99. The molecule has 1 atom stereocenters. The highest BCUT2D eigenvalue weighted by molar-refractivity contribution is 5.29. The normalized spacial score (nSPS) is 12.2. The molecular weight excluding hydrogens is 246 g/mol. The van der Waals surface area contributed by atoms with Crippen LogP contribution in [0.25, 0.3) is 0 Å². The van der Waals surface area contributed by atoms with Crippen LogP contribution < -0.4 is 4.74 Å². The molecule has 1 aromatic rings. The van der Waals surface area contributed by atoms with E-state index in [-0.39, 0.29) is 0 Å². The van der Waals surface area contributed by atoms with Gasteiger partial charge in [0.05, 0.1) is 0 Å². The maximum absolute atomic E-state index is 5.79. The fourth-order valence-electron chi connectivity index (χ4n) is 2.04. The lowest BCUT2D eigenvalue weighted by Crippen LogP contribution is -2.28. The molecule has 0 aliphatic heterocycles. The standard InChI is InChI=1S/C18H27NO/c1-5-12-19(13-6-2)14-15-20-18-10-8-17(9-11-18)16(4)7-3/h5-6,8-11,16H,1-2,7,12-15H2,3-4H3/t16-/m1/s1. The third-order valence-corrected chi connectivity index (χ3v) is 3.51. The van der Waals surface area contributed by atoms with E-state index < -0.39 is 0 Å². The topological polar surface area (TPSA) is 12.5 Å². The Hall–Kier alpha value is -1.54. The third kappa shape index (κ3) is 5.62. The van der Waals surface area contributed by atoms with Gasteiger partial charge in [0.15, 0.2) is 0 Å². The molecule has 20 heavy (non-hydrogen) atoms. The van der Waals surface area contributed by atoms with E-state index in [1.807, 2.05) is 12.2 Å². The minimum absolute atomic E-state index is 0.611. The molecule has 0 unspecified atom stereocenters. The number of ether oxygens (including phenoxy) is 1. The Morgan fingerprint density at radius 2 is 1.75 bits per heavy atom. The van der Waals surface area contributed by atoms with Crippen LogP contribution in [0.15, 0.2) is 49.6 Å². The van der Waals surface area contributed by atoms with E-state index in [2.05, 4.69) is 56.2 Å². The molecule has 0 aliphatic rings. The van der Waals surface area contributed by atoms with Crippen LogP contribution in [0.2, 0.25) is 0 Å². The minimum Gasteiger partial charge on any atom is -0.492 e. The fourth-order valence-corrected chi connectivity index (χ4v) is 2.04. The zero-order chi connectivity index (χ0) is 14.8. The monoisotopic (exact) mass is 273 g/mol. The van der Waals surface area contributed by atoms with Gasteiger partial charge in [-0.2, -0.15) is 0 Å². The fraction of sp³-hybridized carbons (Fsp3) is 0.444. The van der Waals surface area contributed by atoms with Crippen molar-refractivity contribution in [2.75, 3.05) is 26.2 Å². The van der Waals surface area contributed by atoms with Gasteiger partial charge in [0.2, 0.25) is 0 Å². The molecule has 0 aromatic heterocycles. The van der Waals surface area contributed by atoms with Crippen LogP contribution in [0, 0.1) is 0 Å².